The molecule has 2 heterocycles. The number of aliphatic carboxylic acids is 1. The Bertz CT molecular complexity index is 1250. The van der Waals surface area contributed by atoms with Crippen molar-refractivity contribution in [1.82, 2.24) is 10.2 Å². The maximum absolute atomic E-state index is 13.1. The molecule has 254 valence electrons. The number of carbonyl (C=O) groups excluding carboxylic acids is 4. The number of benzene rings is 2. The van der Waals surface area contributed by atoms with Crippen LogP contribution < -0.4 is 16.0 Å². The van der Waals surface area contributed by atoms with Gasteiger partial charge in [-0.1, -0.05) is 110 Å². The molecule has 4 N–H and O–H groups in total. The second-order valence-corrected chi connectivity index (χ2v) is 9.04. The molecule has 0 radical (unpaired) electrons. The van der Waals surface area contributed by atoms with E-state index in [1.807, 2.05) is 82.3 Å². The average molecular weight is 639 g/mol. The van der Waals surface area contributed by atoms with Gasteiger partial charge in [0, 0.05) is 44.5 Å². The molecule has 0 unspecified atom stereocenters. The summed E-state index contributed by atoms with van der Waals surface area (Å²) in [6, 6.07) is 15.7. The van der Waals surface area contributed by atoms with Gasteiger partial charge in [-0.25, -0.2) is 0 Å². The highest BCUT2D eigenvalue weighted by atomic mass is 16.4. The summed E-state index contributed by atoms with van der Waals surface area (Å²) in [5.41, 5.74) is 8.39. The van der Waals surface area contributed by atoms with Crippen molar-refractivity contribution in [2.75, 3.05) is 25.0 Å². The second-order valence-electron chi connectivity index (χ2n) is 9.04. The Morgan fingerprint density at radius 2 is 1.26 bits per heavy atom. The number of nitrogens with zero attached hydrogens (tertiary/aromatic N) is 2. The summed E-state index contributed by atoms with van der Waals surface area (Å²) in [4.78, 5) is 60.5. The number of carbonyl (C=O) groups is 5. The van der Waals surface area contributed by atoms with Gasteiger partial charge in [0.2, 0.25) is 11.8 Å². The smallest absolute Gasteiger partial charge is 0.303 e. The molecule has 4 rings (SSSR count). The van der Waals surface area contributed by atoms with Gasteiger partial charge in [-0.05, 0) is 29.8 Å². The van der Waals surface area contributed by atoms with Crippen LogP contribution in [0.25, 0.3) is 12.2 Å². The first kappa shape index (κ1) is 43.6. The maximum Gasteiger partial charge on any atom is 0.303 e. The number of fused-ring (bicyclic) bond motifs is 2. The Kier molecular flexibility index (Phi) is 25.4. The van der Waals surface area contributed by atoms with Gasteiger partial charge in [0.15, 0.2) is 0 Å². The van der Waals surface area contributed by atoms with E-state index in [1.165, 1.54) is 25.6 Å². The molecule has 10 nitrogen and oxygen atoms in total. The monoisotopic (exact) mass is 638 g/mol. The van der Waals surface area contributed by atoms with E-state index < -0.39 is 17.8 Å². The highest BCUT2D eigenvalue weighted by Gasteiger charge is 2.24. The van der Waals surface area contributed by atoms with Crippen molar-refractivity contribution in [3.8, 4) is 0 Å². The minimum absolute atomic E-state index is 0.00192. The number of imide groups is 1. The highest BCUT2D eigenvalue weighted by molar-refractivity contribution is 6.13. The molecule has 0 aliphatic carbocycles. The summed E-state index contributed by atoms with van der Waals surface area (Å²) in [6.07, 6.45) is 8.04. The molecule has 0 fully saturated rings. The lowest BCUT2D eigenvalue weighted by Gasteiger charge is -2.27. The third-order valence-electron chi connectivity index (χ3n) is 5.78. The SMILES string of the molecule is CC.CC.CCC.CCC(=O)O.CN.O=C(CCN1C(=O)C=CC1=O)NCCC(=O)N1Cc2ccccc2/C=C\c2ccccc21. The summed E-state index contributed by atoms with van der Waals surface area (Å²) in [5, 5.41) is 10.4. The number of nitrogens with one attached hydrogen (secondary N) is 1. The number of nitrogens with two attached hydrogens (primary N) is 1. The highest BCUT2D eigenvalue weighted by Crippen LogP contribution is 2.29. The molecule has 2 aromatic carbocycles. The van der Waals surface area contributed by atoms with Crippen LogP contribution in [-0.2, 0) is 30.5 Å². The van der Waals surface area contributed by atoms with Crippen molar-refractivity contribution < 1.29 is 29.1 Å². The predicted molar refractivity (Wildman–Crippen MR) is 188 cm³/mol. The van der Waals surface area contributed by atoms with Crippen LogP contribution >= 0.6 is 0 Å². The maximum atomic E-state index is 13.1. The Morgan fingerprint density at radius 3 is 1.80 bits per heavy atom. The van der Waals surface area contributed by atoms with Crippen molar-refractivity contribution in [2.45, 2.75) is 80.7 Å². The molecule has 0 saturated heterocycles. The first-order chi connectivity index (χ1) is 22.2. The van der Waals surface area contributed by atoms with Crippen molar-refractivity contribution in [1.29, 1.82) is 0 Å². The number of hydrogen-bond donors (Lipinski definition) is 3. The summed E-state index contributed by atoms with van der Waals surface area (Å²) < 4.78 is 0. The van der Waals surface area contributed by atoms with E-state index in [4.69, 9.17) is 5.11 Å². The molecule has 2 aliphatic rings. The first-order valence-corrected chi connectivity index (χ1v) is 16.0. The number of anilines is 1. The van der Waals surface area contributed by atoms with E-state index in [1.54, 1.807) is 11.8 Å². The second kappa shape index (κ2) is 26.8. The molecule has 0 aromatic heterocycles. The van der Waals surface area contributed by atoms with Crippen LogP contribution in [-0.4, -0.2) is 59.7 Å². The van der Waals surface area contributed by atoms with Gasteiger partial charge in [-0.15, -0.1) is 0 Å². The molecule has 0 saturated carbocycles. The minimum Gasteiger partial charge on any atom is -0.481 e. The normalized spacial score (nSPS) is 12.5. The third-order valence-corrected chi connectivity index (χ3v) is 5.78. The molecule has 2 aliphatic heterocycles. The Hall–Kier alpha value is -4.57. The van der Waals surface area contributed by atoms with E-state index in [-0.39, 0.29) is 44.2 Å². The molecule has 10 heteroatoms. The first-order valence-electron chi connectivity index (χ1n) is 16.0. The fraction of sp³-hybridized carbons (Fsp3) is 0.417. The Balaban J connectivity index is 0. The number of carboxylic acids is 1. The largest absolute Gasteiger partial charge is 0.481 e. The standard InChI is InChI=1S/C25H23N3O4.C3H6O2.C3H8.2C2H6.CH5N/c29-22(14-16-27-23(30)11-12-24(27)31)26-15-13-25(32)28-17-20-7-2-1-5-18(20)9-10-19-6-3-4-8-21(19)28;1-2-3(4)5;1-3-2;3*1-2/h1-12H,13-17H2,(H,26,29);2H2,1H3,(H,4,5);3H2,1-2H3;2*1-2H3;2H2,1H3/b10-9-;;;;;. The lowest BCUT2D eigenvalue weighted by Crippen LogP contribution is -2.37. The summed E-state index contributed by atoms with van der Waals surface area (Å²) in [5.74, 6) is -1.99. The summed E-state index contributed by atoms with van der Waals surface area (Å²) >= 11 is 0. The lowest BCUT2D eigenvalue weighted by molar-refractivity contribution is -0.138. The van der Waals surface area contributed by atoms with Crippen LogP contribution in [0, 0.1) is 0 Å². The molecule has 46 heavy (non-hydrogen) atoms. The van der Waals surface area contributed by atoms with E-state index in [0.29, 0.717) is 6.54 Å². The Morgan fingerprint density at radius 1 is 0.783 bits per heavy atom. The predicted octanol–water partition coefficient (Wildman–Crippen LogP) is 6.05. The minimum atomic E-state index is -0.745. The molecule has 0 spiro atoms. The molecule has 0 bridgehead atoms. The van der Waals surface area contributed by atoms with Crippen molar-refractivity contribution in [3.63, 3.8) is 0 Å². The van der Waals surface area contributed by atoms with Crippen LogP contribution in [0.1, 0.15) is 90.8 Å². The molecular weight excluding hydrogens is 584 g/mol. The summed E-state index contributed by atoms with van der Waals surface area (Å²) in [6.45, 7) is 14.5. The summed E-state index contributed by atoms with van der Waals surface area (Å²) in [7, 11) is 1.50. The Labute approximate surface area is 275 Å². The van der Waals surface area contributed by atoms with Gasteiger partial charge < -0.3 is 21.1 Å². The zero-order valence-corrected chi connectivity index (χ0v) is 28.8. The topological polar surface area (TPSA) is 150 Å². The van der Waals surface area contributed by atoms with E-state index in [0.717, 1.165) is 27.3 Å². The van der Waals surface area contributed by atoms with Crippen LogP contribution in [0.5, 0.6) is 0 Å². The van der Waals surface area contributed by atoms with Crippen LogP contribution in [0.3, 0.4) is 0 Å². The lowest BCUT2D eigenvalue weighted by atomic mass is 10.0. The van der Waals surface area contributed by atoms with Crippen LogP contribution in [0.4, 0.5) is 5.69 Å². The fourth-order valence-electron chi connectivity index (χ4n) is 3.77. The number of hydrogen-bond acceptors (Lipinski definition) is 6. The number of para-hydroxylation sites is 1. The van der Waals surface area contributed by atoms with E-state index in [9.17, 15) is 24.0 Å². The number of rotatable bonds is 7. The number of carboxylic acid groups (broad SMARTS) is 1. The zero-order valence-electron chi connectivity index (χ0n) is 28.8. The fourth-order valence-corrected chi connectivity index (χ4v) is 3.77. The van der Waals surface area contributed by atoms with Gasteiger partial charge >= 0.3 is 5.97 Å². The quantitative estimate of drug-likeness (QED) is 0.313. The van der Waals surface area contributed by atoms with E-state index in [2.05, 4.69) is 31.0 Å². The van der Waals surface area contributed by atoms with E-state index >= 15 is 0 Å². The van der Waals surface area contributed by atoms with Crippen LogP contribution in [0.2, 0.25) is 0 Å². The zero-order chi connectivity index (χ0) is 35.5. The van der Waals surface area contributed by atoms with Crippen molar-refractivity contribution in [2.24, 2.45) is 5.73 Å². The third kappa shape index (κ3) is 15.9. The molecule has 0 atom stereocenters. The molecular formula is C36H54N4O6. The molecule has 4 amide bonds. The van der Waals surface area contributed by atoms with Gasteiger partial charge in [0.25, 0.3) is 11.8 Å². The van der Waals surface area contributed by atoms with Crippen molar-refractivity contribution >= 4 is 47.4 Å². The van der Waals surface area contributed by atoms with Gasteiger partial charge in [0.1, 0.15) is 0 Å². The van der Waals surface area contributed by atoms with Crippen LogP contribution in [0.15, 0.2) is 60.7 Å². The molecule has 2 aromatic rings. The van der Waals surface area contributed by atoms with Gasteiger partial charge in [0.05, 0.1) is 12.2 Å². The van der Waals surface area contributed by atoms with Gasteiger partial charge in [-0.2, -0.15) is 0 Å². The van der Waals surface area contributed by atoms with Gasteiger partial charge in [-0.3, -0.25) is 28.9 Å². The number of amides is 4. The average Bonchev–Trinajstić information content (AvgIpc) is 3.40. The van der Waals surface area contributed by atoms with Crippen molar-refractivity contribution in [3.05, 3.63) is 77.4 Å².